The molecule has 7 heteroatoms. The Morgan fingerprint density at radius 1 is 1.07 bits per heavy atom. The lowest BCUT2D eigenvalue weighted by molar-refractivity contribution is -0.118. The van der Waals surface area contributed by atoms with Gasteiger partial charge in [-0.1, -0.05) is 17.3 Å². The maximum Gasteiger partial charge on any atom is 0.236 e. The van der Waals surface area contributed by atoms with E-state index < -0.39 is 5.41 Å². The van der Waals surface area contributed by atoms with E-state index in [-0.39, 0.29) is 11.7 Å². The first-order chi connectivity index (χ1) is 14.7. The highest BCUT2D eigenvalue weighted by Gasteiger charge is 2.53. The molecule has 30 heavy (non-hydrogen) atoms. The van der Waals surface area contributed by atoms with Crippen molar-refractivity contribution in [1.29, 1.82) is 0 Å². The maximum absolute atomic E-state index is 14.0. The standard InChI is InChI=1S/C23H22FN3O3/c24-19-4-2-1-3-18(19)20-15-21(26-30-20)23(9-10-23)22(28)25-16-5-7-17(8-6-16)27-11-13-29-14-12-27/h1-8,15H,9-14H2,(H,25,28). The minimum Gasteiger partial charge on any atom is -0.378 e. The van der Waals surface area contributed by atoms with Crippen molar-refractivity contribution in [2.45, 2.75) is 18.3 Å². The third-order valence-electron chi connectivity index (χ3n) is 5.83. The number of hydrogen-bond acceptors (Lipinski definition) is 5. The molecule has 0 unspecified atom stereocenters. The van der Waals surface area contributed by atoms with Crippen LogP contribution in [0.4, 0.5) is 15.8 Å². The van der Waals surface area contributed by atoms with E-state index in [9.17, 15) is 9.18 Å². The summed E-state index contributed by atoms with van der Waals surface area (Å²) in [6.45, 7) is 3.19. The molecule has 2 heterocycles. The monoisotopic (exact) mass is 407 g/mol. The lowest BCUT2D eigenvalue weighted by Crippen LogP contribution is -2.36. The first-order valence-electron chi connectivity index (χ1n) is 10.1. The van der Waals surface area contributed by atoms with Crippen LogP contribution in [0.25, 0.3) is 11.3 Å². The molecule has 0 radical (unpaired) electrons. The lowest BCUT2D eigenvalue weighted by atomic mass is 10.00. The van der Waals surface area contributed by atoms with Gasteiger partial charge >= 0.3 is 0 Å². The van der Waals surface area contributed by atoms with E-state index in [1.807, 2.05) is 24.3 Å². The highest BCUT2D eigenvalue weighted by molar-refractivity contribution is 6.01. The Hall–Kier alpha value is -3.19. The number of hydrogen-bond donors (Lipinski definition) is 1. The van der Waals surface area contributed by atoms with Gasteiger partial charge in [0.05, 0.1) is 29.9 Å². The van der Waals surface area contributed by atoms with Crippen LogP contribution in [0.3, 0.4) is 0 Å². The Kier molecular flexibility index (Phi) is 4.75. The summed E-state index contributed by atoms with van der Waals surface area (Å²) < 4.78 is 24.8. The number of halogens is 1. The molecule has 1 aliphatic heterocycles. The summed E-state index contributed by atoms with van der Waals surface area (Å²) in [6, 6.07) is 15.9. The lowest BCUT2D eigenvalue weighted by Gasteiger charge is -2.29. The number of carbonyl (C=O) groups excluding carboxylic acids is 1. The third-order valence-corrected chi connectivity index (χ3v) is 5.83. The molecule has 0 atom stereocenters. The zero-order valence-electron chi connectivity index (χ0n) is 16.4. The van der Waals surface area contributed by atoms with E-state index in [4.69, 9.17) is 9.26 Å². The number of morpholine rings is 1. The second-order valence-corrected chi connectivity index (χ2v) is 7.74. The van der Waals surface area contributed by atoms with E-state index in [1.54, 1.807) is 24.3 Å². The molecular formula is C23H22FN3O3. The van der Waals surface area contributed by atoms with Crippen LogP contribution >= 0.6 is 0 Å². The summed E-state index contributed by atoms with van der Waals surface area (Å²) in [5.41, 5.74) is 2.02. The smallest absolute Gasteiger partial charge is 0.236 e. The molecule has 1 aromatic heterocycles. The fourth-order valence-corrected chi connectivity index (χ4v) is 3.84. The van der Waals surface area contributed by atoms with Crippen molar-refractivity contribution in [3.63, 3.8) is 0 Å². The second kappa shape index (κ2) is 7.57. The molecule has 1 N–H and O–H groups in total. The summed E-state index contributed by atoms with van der Waals surface area (Å²) in [6.07, 6.45) is 1.38. The average Bonchev–Trinajstić information content (AvgIpc) is 3.46. The molecular weight excluding hydrogens is 385 g/mol. The fraction of sp³-hybridized carbons (Fsp3) is 0.304. The molecule has 2 fully saturated rings. The van der Waals surface area contributed by atoms with E-state index in [1.165, 1.54) is 6.07 Å². The van der Waals surface area contributed by atoms with Gasteiger partial charge in [0.25, 0.3) is 0 Å². The van der Waals surface area contributed by atoms with Crippen LogP contribution in [0, 0.1) is 5.82 Å². The Balaban J connectivity index is 1.30. The van der Waals surface area contributed by atoms with Crippen molar-refractivity contribution >= 4 is 17.3 Å². The summed E-state index contributed by atoms with van der Waals surface area (Å²) >= 11 is 0. The molecule has 6 nitrogen and oxygen atoms in total. The number of ether oxygens (including phenoxy) is 1. The number of amides is 1. The van der Waals surface area contributed by atoms with E-state index in [2.05, 4.69) is 15.4 Å². The normalized spacial score (nSPS) is 17.6. The Labute approximate surface area is 173 Å². The predicted molar refractivity (Wildman–Crippen MR) is 111 cm³/mol. The number of anilines is 2. The molecule has 1 aliphatic carbocycles. The molecule has 0 bridgehead atoms. The van der Waals surface area contributed by atoms with Crippen molar-refractivity contribution in [3.05, 3.63) is 66.1 Å². The zero-order chi connectivity index (χ0) is 20.6. The fourth-order valence-electron chi connectivity index (χ4n) is 3.84. The van der Waals surface area contributed by atoms with Crippen LogP contribution in [-0.4, -0.2) is 37.4 Å². The Morgan fingerprint density at radius 3 is 2.50 bits per heavy atom. The van der Waals surface area contributed by atoms with Crippen molar-refractivity contribution in [3.8, 4) is 11.3 Å². The second-order valence-electron chi connectivity index (χ2n) is 7.74. The predicted octanol–water partition coefficient (Wildman–Crippen LogP) is 3.99. The highest BCUT2D eigenvalue weighted by atomic mass is 19.1. The maximum atomic E-state index is 14.0. The van der Waals surface area contributed by atoms with E-state index in [0.29, 0.717) is 29.9 Å². The number of aromatic nitrogens is 1. The number of rotatable bonds is 5. The summed E-state index contributed by atoms with van der Waals surface area (Å²) in [5, 5.41) is 7.08. The molecule has 154 valence electrons. The van der Waals surface area contributed by atoms with Crippen molar-refractivity contribution in [2.75, 3.05) is 36.5 Å². The highest BCUT2D eigenvalue weighted by Crippen LogP contribution is 2.49. The van der Waals surface area contributed by atoms with Crippen LogP contribution < -0.4 is 10.2 Å². The largest absolute Gasteiger partial charge is 0.378 e. The molecule has 1 saturated carbocycles. The van der Waals surface area contributed by atoms with Gasteiger partial charge in [0, 0.05) is 30.5 Å². The number of carbonyl (C=O) groups is 1. The van der Waals surface area contributed by atoms with Gasteiger partial charge in [0.1, 0.15) is 5.82 Å². The summed E-state index contributed by atoms with van der Waals surface area (Å²) in [5.74, 6) is -0.165. The van der Waals surface area contributed by atoms with Gasteiger partial charge in [-0.15, -0.1) is 0 Å². The van der Waals surface area contributed by atoms with Crippen LogP contribution in [-0.2, 0) is 14.9 Å². The van der Waals surface area contributed by atoms with Gasteiger partial charge in [-0.3, -0.25) is 4.79 Å². The Morgan fingerprint density at radius 2 is 1.80 bits per heavy atom. The van der Waals surface area contributed by atoms with Gasteiger partial charge in [-0.25, -0.2) is 4.39 Å². The molecule has 1 amide bonds. The first kappa shape index (κ1) is 18.8. The molecule has 1 saturated heterocycles. The van der Waals surface area contributed by atoms with Gasteiger partial charge in [-0.2, -0.15) is 0 Å². The Bertz CT molecular complexity index is 1050. The van der Waals surface area contributed by atoms with Gasteiger partial charge < -0.3 is 19.5 Å². The van der Waals surface area contributed by atoms with E-state index >= 15 is 0 Å². The van der Waals surface area contributed by atoms with Gasteiger partial charge in [0.2, 0.25) is 5.91 Å². The van der Waals surface area contributed by atoms with E-state index in [0.717, 1.165) is 37.7 Å². The summed E-state index contributed by atoms with van der Waals surface area (Å²) in [7, 11) is 0. The number of benzene rings is 2. The minimum atomic E-state index is -0.712. The van der Waals surface area contributed by atoms with Gasteiger partial charge in [0.15, 0.2) is 5.76 Å². The SMILES string of the molecule is O=C(Nc1ccc(N2CCOCC2)cc1)C1(c2cc(-c3ccccc3F)on2)CC1. The molecule has 2 aromatic carbocycles. The van der Waals surface area contributed by atoms with Crippen LogP contribution in [0.2, 0.25) is 0 Å². The van der Waals surface area contributed by atoms with Crippen molar-refractivity contribution in [1.82, 2.24) is 5.16 Å². The third kappa shape index (κ3) is 3.45. The van der Waals surface area contributed by atoms with Crippen LogP contribution in [0.1, 0.15) is 18.5 Å². The molecule has 2 aliphatic rings. The summed E-state index contributed by atoms with van der Waals surface area (Å²) in [4.78, 5) is 15.3. The topological polar surface area (TPSA) is 67.6 Å². The van der Waals surface area contributed by atoms with Gasteiger partial charge in [-0.05, 0) is 49.2 Å². The quantitative estimate of drug-likeness (QED) is 0.693. The van der Waals surface area contributed by atoms with Crippen molar-refractivity contribution < 1.29 is 18.4 Å². The van der Waals surface area contributed by atoms with Crippen LogP contribution in [0.15, 0.2) is 59.1 Å². The molecule has 3 aromatic rings. The minimum absolute atomic E-state index is 0.116. The average molecular weight is 407 g/mol. The zero-order valence-corrected chi connectivity index (χ0v) is 16.4. The van der Waals surface area contributed by atoms with Crippen LogP contribution in [0.5, 0.6) is 0 Å². The molecule has 5 rings (SSSR count). The number of nitrogens with zero attached hydrogens (tertiary/aromatic N) is 2. The number of nitrogens with one attached hydrogen (secondary N) is 1. The first-order valence-corrected chi connectivity index (χ1v) is 10.1. The van der Waals surface area contributed by atoms with Crippen molar-refractivity contribution in [2.24, 2.45) is 0 Å². The molecule has 0 spiro atoms.